The van der Waals surface area contributed by atoms with Crippen molar-refractivity contribution in [1.29, 1.82) is 0 Å². The van der Waals surface area contributed by atoms with E-state index in [-0.39, 0.29) is 0 Å². The topological polar surface area (TPSA) is 81.4 Å². The summed E-state index contributed by atoms with van der Waals surface area (Å²) in [5.74, 6) is -0.871. The standard InChI is InChI=1S/C9H8N2O3/c10-8(12)7-9(13)11-5-3-1-2-4-6(5)14-7/h1-4,7H,(H2,10,12)(H,11,13). The van der Waals surface area contributed by atoms with Crippen molar-refractivity contribution in [3.63, 3.8) is 0 Å². The normalized spacial score (nSPS) is 19.1. The highest BCUT2D eigenvalue weighted by molar-refractivity contribution is 6.10. The van der Waals surface area contributed by atoms with Crippen LogP contribution in [0.15, 0.2) is 24.3 Å². The zero-order chi connectivity index (χ0) is 10.1. The zero-order valence-corrected chi connectivity index (χ0v) is 7.19. The molecule has 5 heteroatoms. The van der Waals surface area contributed by atoms with Crippen molar-refractivity contribution in [3.8, 4) is 5.75 Å². The van der Waals surface area contributed by atoms with Gasteiger partial charge >= 0.3 is 0 Å². The number of anilines is 1. The van der Waals surface area contributed by atoms with Crippen molar-refractivity contribution in [2.75, 3.05) is 5.32 Å². The molecule has 1 heterocycles. The first kappa shape index (κ1) is 8.55. The molecule has 1 unspecified atom stereocenters. The lowest BCUT2D eigenvalue weighted by Gasteiger charge is -2.23. The number of carbonyl (C=O) groups is 2. The lowest BCUT2D eigenvalue weighted by molar-refractivity contribution is -0.135. The molecule has 2 amide bonds. The number of hydrogen-bond acceptors (Lipinski definition) is 3. The number of para-hydroxylation sites is 2. The van der Waals surface area contributed by atoms with Crippen molar-refractivity contribution in [1.82, 2.24) is 0 Å². The molecular formula is C9H8N2O3. The van der Waals surface area contributed by atoms with Crippen LogP contribution in [0, 0.1) is 0 Å². The Labute approximate surface area is 79.8 Å². The predicted octanol–water partition coefficient (Wildman–Crippen LogP) is -0.129. The third-order valence-electron chi connectivity index (χ3n) is 1.89. The molecule has 1 atom stereocenters. The molecule has 1 aromatic carbocycles. The molecule has 0 spiro atoms. The Kier molecular flexibility index (Phi) is 1.85. The summed E-state index contributed by atoms with van der Waals surface area (Å²) in [6, 6.07) is 6.84. The van der Waals surface area contributed by atoms with Crippen LogP contribution in [0.5, 0.6) is 5.75 Å². The van der Waals surface area contributed by atoms with E-state index in [2.05, 4.69) is 5.32 Å². The van der Waals surface area contributed by atoms with Crippen molar-refractivity contribution < 1.29 is 14.3 Å². The summed E-state index contributed by atoms with van der Waals surface area (Å²) in [7, 11) is 0. The first-order valence-corrected chi connectivity index (χ1v) is 4.04. The van der Waals surface area contributed by atoms with Crippen LogP contribution in [-0.4, -0.2) is 17.9 Å². The minimum absolute atomic E-state index is 0.455. The number of nitrogens with two attached hydrogens (primary N) is 1. The second-order valence-corrected chi connectivity index (χ2v) is 2.89. The smallest absolute Gasteiger partial charge is 0.275 e. The molecule has 14 heavy (non-hydrogen) atoms. The summed E-state index contributed by atoms with van der Waals surface area (Å²) in [4.78, 5) is 22.1. The maximum atomic E-state index is 11.3. The monoisotopic (exact) mass is 192 g/mol. The molecule has 3 N–H and O–H groups in total. The molecule has 72 valence electrons. The van der Waals surface area contributed by atoms with Crippen LogP contribution in [0.4, 0.5) is 5.69 Å². The Morgan fingerprint density at radius 2 is 2.14 bits per heavy atom. The summed E-state index contributed by atoms with van der Waals surface area (Å²) in [5.41, 5.74) is 5.54. The van der Waals surface area contributed by atoms with Gasteiger partial charge in [0.2, 0.25) is 0 Å². The zero-order valence-electron chi connectivity index (χ0n) is 7.19. The van der Waals surface area contributed by atoms with E-state index in [0.29, 0.717) is 11.4 Å². The van der Waals surface area contributed by atoms with E-state index in [0.717, 1.165) is 0 Å². The molecule has 0 bridgehead atoms. The number of benzene rings is 1. The van der Waals surface area contributed by atoms with E-state index >= 15 is 0 Å². The Bertz CT molecular complexity index is 403. The summed E-state index contributed by atoms with van der Waals surface area (Å²) in [5, 5.41) is 2.53. The third kappa shape index (κ3) is 1.28. The van der Waals surface area contributed by atoms with Gasteiger partial charge in [-0.25, -0.2) is 0 Å². The molecule has 0 radical (unpaired) electrons. The van der Waals surface area contributed by atoms with Crippen LogP contribution in [0.25, 0.3) is 0 Å². The number of amides is 2. The molecule has 0 aliphatic carbocycles. The van der Waals surface area contributed by atoms with Gasteiger partial charge in [-0.15, -0.1) is 0 Å². The average molecular weight is 192 g/mol. The van der Waals surface area contributed by atoms with E-state index in [1.54, 1.807) is 24.3 Å². The first-order chi connectivity index (χ1) is 6.68. The van der Waals surface area contributed by atoms with Crippen molar-refractivity contribution in [2.24, 2.45) is 5.73 Å². The summed E-state index contributed by atoms with van der Waals surface area (Å²) >= 11 is 0. The van der Waals surface area contributed by atoms with Gasteiger partial charge in [0.1, 0.15) is 5.75 Å². The fourth-order valence-electron chi connectivity index (χ4n) is 1.24. The maximum Gasteiger partial charge on any atom is 0.275 e. The van der Waals surface area contributed by atoms with Gasteiger partial charge in [-0.1, -0.05) is 12.1 Å². The molecule has 1 aromatic rings. The van der Waals surface area contributed by atoms with Crippen molar-refractivity contribution in [2.45, 2.75) is 6.10 Å². The summed E-state index contributed by atoms with van der Waals surface area (Å²) in [6.45, 7) is 0. The van der Waals surface area contributed by atoms with E-state index in [9.17, 15) is 9.59 Å². The van der Waals surface area contributed by atoms with Crippen LogP contribution >= 0.6 is 0 Å². The number of fused-ring (bicyclic) bond motifs is 1. The second-order valence-electron chi connectivity index (χ2n) is 2.89. The van der Waals surface area contributed by atoms with Gasteiger partial charge in [-0.2, -0.15) is 0 Å². The number of hydrogen-bond donors (Lipinski definition) is 2. The maximum absolute atomic E-state index is 11.3. The molecule has 2 rings (SSSR count). The van der Waals surface area contributed by atoms with E-state index in [1.165, 1.54) is 0 Å². The number of primary amides is 1. The molecular weight excluding hydrogens is 184 g/mol. The fourth-order valence-corrected chi connectivity index (χ4v) is 1.24. The Balaban J connectivity index is 2.36. The summed E-state index contributed by atoms with van der Waals surface area (Å²) < 4.78 is 5.12. The molecule has 5 nitrogen and oxygen atoms in total. The minimum atomic E-state index is -1.23. The first-order valence-electron chi connectivity index (χ1n) is 4.04. The van der Waals surface area contributed by atoms with E-state index in [4.69, 9.17) is 10.5 Å². The number of ether oxygens (including phenoxy) is 1. The predicted molar refractivity (Wildman–Crippen MR) is 48.7 cm³/mol. The molecule has 0 fully saturated rings. The number of rotatable bonds is 1. The van der Waals surface area contributed by atoms with Crippen LogP contribution in [0.1, 0.15) is 0 Å². The van der Waals surface area contributed by atoms with Crippen molar-refractivity contribution in [3.05, 3.63) is 24.3 Å². The third-order valence-corrected chi connectivity index (χ3v) is 1.89. The molecule has 0 saturated carbocycles. The number of nitrogens with one attached hydrogen (secondary N) is 1. The SMILES string of the molecule is NC(=O)C1Oc2ccccc2NC1=O. The molecule has 0 saturated heterocycles. The van der Waals surface area contributed by atoms with E-state index in [1.807, 2.05) is 0 Å². The highest BCUT2D eigenvalue weighted by atomic mass is 16.5. The van der Waals surface area contributed by atoms with E-state index < -0.39 is 17.9 Å². The Morgan fingerprint density at radius 1 is 1.43 bits per heavy atom. The van der Waals surface area contributed by atoms with Gasteiger partial charge in [0.05, 0.1) is 5.69 Å². The highest BCUT2D eigenvalue weighted by Crippen LogP contribution is 2.28. The van der Waals surface area contributed by atoms with Crippen LogP contribution in [-0.2, 0) is 9.59 Å². The molecule has 0 aromatic heterocycles. The largest absolute Gasteiger partial charge is 0.468 e. The Hall–Kier alpha value is -2.04. The molecule has 1 aliphatic heterocycles. The molecule has 1 aliphatic rings. The van der Waals surface area contributed by atoms with Gasteiger partial charge in [0.15, 0.2) is 0 Å². The quantitative estimate of drug-likeness (QED) is 0.608. The van der Waals surface area contributed by atoms with Gasteiger partial charge in [-0.3, -0.25) is 9.59 Å². The fraction of sp³-hybridized carbons (Fsp3) is 0.111. The van der Waals surface area contributed by atoms with Gasteiger partial charge in [0.25, 0.3) is 17.9 Å². The minimum Gasteiger partial charge on any atom is -0.468 e. The highest BCUT2D eigenvalue weighted by Gasteiger charge is 2.31. The van der Waals surface area contributed by atoms with Gasteiger partial charge in [0, 0.05) is 0 Å². The lowest BCUT2D eigenvalue weighted by atomic mass is 10.2. The van der Waals surface area contributed by atoms with Gasteiger partial charge in [-0.05, 0) is 12.1 Å². The lowest BCUT2D eigenvalue weighted by Crippen LogP contribution is -2.46. The average Bonchev–Trinajstić information content (AvgIpc) is 2.16. The second kappa shape index (κ2) is 3.02. The van der Waals surface area contributed by atoms with Gasteiger partial charge < -0.3 is 15.8 Å². The van der Waals surface area contributed by atoms with Crippen molar-refractivity contribution >= 4 is 17.5 Å². The van der Waals surface area contributed by atoms with Crippen LogP contribution in [0.2, 0.25) is 0 Å². The Morgan fingerprint density at radius 3 is 2.86 bits per heavy atom. The number of carbonyl (C=O) groups excluding carboxylic acids is 2. The summed E-state index contributed by atoms with van der Waals surface area (Å²) in [6.07, 6.45) is -1.23. The van der Waals surface area contributed by atoms with Crippen LogP contribution in [0.3, 0.4) is 0 Å². The van der Waals surface area contributed by atoms with Crippen LogP contribution < -0.4 is 15.8 Å².